The molecule has 2 rings (SSSR count). The van der Waals surface area contributed by atoms with Crippen molar-refractivity contribution in [2.75, 3.05) is 7.11 Å². The van der Waals surface area contributed by atoms with Crippen molar-refractivity contribution in [1.82, 2.24) is 9.78 Å². The van der Waals surface area contributed by atoms with Crippen LogP contribution in [0.25, 0.3) is 10.9 Å². The highest BCUT2D eigenvalue weighted by molar-refractivity contribution is 9.10. The minimum absolute atomic E-state index is 0.126. The standard InChI is InChI=1S/C10H9BrN2O2/c1-6(14)13-10-7(5-12-13)9(15-2)4-3-8(10)11/h3-5H,1-2H3. The molecule has 1 aromatic carbocycles. The summed E-state index contributed by atoms with van der Waals surface area (Å²) in [6.45, 7) is 1.47. The summed E-state index contributed by atoms with van der Waals surface area (Å²) in [4.78, 5) is 11.3. The molecule has 0 saturated heterocycles. The van der Waals surface area contributed by atoms with Crippen LogP contribution in [0, 0.1) is 0 Å². The molecule has 0 atom stereocenters. The number of aromatic nitrogens is 2. The van der Waals surface area contributed by atoms with E-state index in [0.717, 1.165) is 15.4 Å². The summed E-state index contributed by atoms with van der Waals surface area (Å²) in [6, 6.07) is 3.67. The van der Waals surface area contributed by atoms with Crippen LogP contribution in [0.5, 0.6) is 5.75 Å². The quantitative estimate of drug-likeness (QED) is 0.798. The zero-order valence-corrected chi connectivity index (χ0v) is 9.91. The first-order chi connectivity index (χ1) is 7.15. The van der Waals surface area contributed by atoms with E-state index in [-0.39, 0.29) is 5.91 Å². The van der Waals surface area contributed by atoms with Crippen LogP contribution in [0.2, 0.25) is 0 Å². The number of fused-ring (bicyclic) bond motifs is 1. The van der Waals surface area contributed by atoms with E-state index in [4.69, 9.17) is 4.74 Å². The van der Waals surface area contributed by atoms with Crippen LogP contribution >= 0.6 is 15.9 Å². The van der Waals surface area contributed by atoms with Crippen LogP contribution in [0.15, 0.2) is 22.8 Å². The predicted octanol–water partition coefficient (Wildman–Crippen LogP) is 2.47. The Hall–Kier alpha value is -1.36. The molecule has 0 bridgehead atoms. The lowest BCUT2D eigenvalue weighted by Gasteiger charge is -2.03. The molecule has 5 heteroatoms. The van der Waals surface area contributed by atoms with E-state index in [1.165, 1.54) is 11.6 Å². The number of hydrogen-bond acceptors (Lipinski definition) is 3. The van der Waals surface area contributed by atoms with Crippen molar-refractivity contribution in [3.63, 3.8) is 0 Å². The second kappa shape index (κ2) is 3.66. The predicted molar refractivity (Wildman–Crippen MR) is 60.3 cm³/mol. The fourth-order valence-electron chi connectivity index (χ4n) is 1.49. The number of nitrogens with zero attached hydrogens (tertiary/aromatic N) is 2. The van der Waals surface area contributed by atoms with Gasteiger partial charge in [-0.15, -0.1) is 0 Å². The average molecular weight is 269 g/mol. The third kappa shape index (κ3) is 1.52. The van der Waals surface area contributed by atoms with Gasteiger partial charge in [-0.25, -0.2) is 0 Å². The molecular formula is C10H9BrN2O2. The number of ether oxygens (including phenoxy) is 1. The summed E-state index contributed by atoms with van der Waals surface area (Å²) in [5.74, 6) is 0.583. The molecule has 1 aromatic heterocycles. The maximum atomic E-state index is 11.3. The minimum atomic E-state index is -0.126. The van der Waals surface area contributed by atoms with Gasteiger partial charge in [0, 0.05) is 11.4 Å². The molecule has 0 amide bonds. The van der Waals surface area contributed by atoms with Crippen LogP contribution in [-0.4, -0.2) is 22.8 Å². The van der Waals surface area contributed by atoms with Crippen molar-refractivity contribution in [3.05, 3.63) is 22.8 Å². The second-order valence-corrected chi connectivity index (χ2v) is 3.94. The Morgan fingerprint density at radius 3 is 2.87 bits per heavy atom. The third-order valence-corrected chi connectivity index (χ3v) is 2.80. The Labute approximate surface area is 95.0 Å². The molecule has 0 aliphatic rings. The zero-order valence-electron chi connectivity index (χ0n) is 8.32. The molecule has 4 nitrogen and oxygen atoms in total. The number of benzene rings is 1. The molecule has 78 valence electrons. The van der Waals surface area contributed by atoms with E-state index in [2.05, 4.69) is 21.0 Å². The summed E-state index contributed by atoms with van der Waals surface area (Å²) in [7, 11) is 1.59. The summed E-state index contributed by atoms with van der Waals surface area (Å²) >= 11 is 3.39. The topological polar surface area (TPSA) is 44.1 Å². The fraction of sp³-hybridized carbons (Fsp3) is 0.200. The van der Waals surface area contributed by atoms with Crippen LogP contribution in [0.4, 0.5) is 0 Å². The molecule has 15 heavy (non-hydrogen) atoms. The Morgan fingerprint density at radius 2 is 2.27 bits per heavy atom. The van der Waals surface area contributed by atoms with Gasteiger partial charge in [-0.05, 0) is 28.1 Å². The fourth-order valence-corrected chi connectivity index (χ4v) is 2.01. The van der Waals surface area contributed by atoms with Gasteiger partial charge in [-0.3, -0.25) is 4.79 Å². The maximum absolute atomic E-state index is 11.3. The third-order valence-electron chi connectivity index (χ3n) is 2.16. The first kappa shape index (κ1) is 10.2. The molecule has 0 aliphatic carbocycles. The molecule has 0 unspecified atom stereocenters. The van der Waals surface area contributed by atoms with E-state index >= 15 is 0 Å². The van der Waals surface area contributed by atoms with Crippen LogP contribution in [0.3, 0.4) is 0 Å². The first-order valence-electron chi connectivity index (χ1n) is 4.36. The zero-order chi connectivity index (χ0) is 11.0. The molecule has 2 aromatic rings. The lowest BCUT2D eigenvalue weighted by Crippen LogP contribution is -2.07. The first-order valence-corrected chi connectivity index (χ1v) is 5.15. The Bertz CT molecular complexity index is 533. The molecule has 0 N–H and O–H groups in total. The Morgan fingerprint density at radius 1 is 1.53 bits per heavy atom. The summed E-state index contributed by atoms with van der Waals surface area (Å²) in [6.07, 6.45) is 1.63. The van der Waals surface area contributed by atoms with Gasteiger partial charge in [0.15, 0.2) is 0 Å². The normalized spacial score (nSPS) is 10.6. The lowest BCUT2D eigenvalue weighted by molar-refractivity contribution is 0.0926. The van der Waals surface area contributed by atoms with Crippen molar-refractivity contribution in [2.24, 2.45) is 0 Å². The van der Waals surface area contributed by atoms with Crippen molar-refractivity contribution in [2.45, 2.75) is 6.92 Å². The van der Waals surface area contributed by atoms with E-state index in [0.29, 0.717) is 5.75 Å². The molecule has 0 saturated carbocycles. The van der Waals surface area contributed by atoms with Crippen molar-refractivity contribution >= 4 is 32.7 Å². The van der Waals surface area contributed by atoms with Gasteiger partial charge in [-0.1, -0.05) is 0 Å². The smallest absolute Gasteiger partial charge is 0.244 e. The van der Waals surface area contributed by atoms with Gasteiger partial charge in [0.2, 0.25) is 5.91 Å². The van der Waals surface area contributed by atoms with Gasteiger partial charge in [0.1, 0.15) is 5.75 Å². The Balaban J connectivity index is 2.84. The van der Waals surface area contributed by atoms with E-state index in [1.807, 2.05) is 12.1 Å². The van der Waals surface area contributed by atoms with E-state index < -0.39 is 0 Å². The van der Waals surface area contributed by atoms with Gasteiger partial charge in [0.05, 0.1) is 24.2 Å². The highest BCUT2D eigenvalue weighted by Gasteiger charge is 2.13. The van der Waals surface area contributed by atoms with Crippen molar-refractivity contribution in [3.8, 4) is 5.75 Å². The molecule has 0 aliphatic heterocycles. The number of rotatable bonds is 1. The van der Waals surface area contributed by atoms with Gasteiger partial charge in [0.25, 0.3) is 0 Å². The molecule has 0 fully saturated rings. The Kier molecular flexibility index (Phi) is 2.48. The van der Waals surface area contributed by atoms with Crippen LogP contribution in [-0.2, 0) is 0 Å². The number of hydrogen-bond donors (Lipinski definition) is 0. The summed E-state index contributed by atoms with van der Waals surface area (Å²) < 4.78 is 7.36. The number of carbonyl (C=O) groups is 1. The highest BCUT2D eigenvalue weighted by atomic mass is 79.9. The summed E-state index contributed by atoms with van der Waals surface area (Å²) in [5.41, 5.74) is 0.738. The van der Waals surface area contributed by atoms with E-state index in [9.17, 15) is 4.79 Å². The number of methoxy groups -OCH3 is 1. The van der Waals surface area contributed by atoms with E-state index in [1.54, 1.807) is 13.3 Å². The average Bonchev–Trinajstić information content (AvgIpc) is 2.63. The molecule has 0 spiro atoms. The van der Waals surface area contributed by atoms with Crippen LogP contribution < -0.4 is 4.74 Å². The largest absolute Gasteiger partial charge is 0.496 e. The second-order valence-electron chi connectivity index (χ2n) is 3.09. The number of carbonyl (C=O) groups excluding carboxylic acids is 1. The van der Waals surface area contributed by atoms with Crippen LogP contribution in [0.1, 0.15) is 11.7 Å². The number of halogens is 1. The van der Waals surface area contributed by atoms with Gasteiger partial charge < -0.3 is 4.74 Å². The van der Waals surface area contributed by atoms with Gasteiger partial charge in [-0.2, -0.15) is 9.78 Å². The van der Waals surface area contributed by atoms with Crippen molar-refractivity contribution < 1.29 is 9.53 Å². The lowest BCUT2D eigenvalue weighted by atomic mass is 10.2. The minimum Gasteiger partial charge on any atom is -0.496 e. The molecule has 1 heterocycles. The highest BCUT2D eigenvalue weighted by Crippen LogP contribution is 2.31. The van der Waals surface area contributed by atoms with Crippen molar-refractivity contribution in [1.29, 1.82) is 0 Å². The molecule has 0 radical (unpaired) electrons. The SMILES string of the molecule is COc1ccc(Br)c2c1cnn2C(C)=O. The monoisotopic (exact) mass is 268 g/mol. The molecular weight excluding hydrogens is 260 g/mol. The maximum Gasteiger partial charge on any atom is 0.244 e. The summed E-state index contributed by atoms with van der Waals surface area (Å²) in [5, 5.41) is 4.84. The van der Waals surface area contributed by atoms with Gasteiger partial charge >= 0.3 is 0 Å².